The number of rotatable bonds is 3. The van der Waals surface area contributed by atoms with Crippen LogP contribution in [0.1, 0.15) is 6.92 Å². The predicted octanol–water partition coefficient (Wildman–Crippen LogP) is -15.0. The Morgan fingerprint density at radius 3 is 1.00 bits per heavy atom. The number of carboxylic acid groups (broad SMARTS) is 3. The van der Waals surface area contributed by atoms with Crippen LogP contribution in [-0.4, -0.2) is 40.3 Å². The van der Waals surface area contributed by atoms with Crippen molar-refractivity contribution in [2.75, 3.05) is 0 Å². The molecule has 0 aromatic rings. The fourth-order valence-corrected chi connectivity index (χ4v) is 0.258. The third-order valence-corrected chi connectivity index (χ3v) is 0.782. The second kappa shape index (κ2) is 17.3. The van der Waals surface area contributed by atoms with E-state index in [2.05, 4.69) is 0 Å². The molecule has 82 valence electrons. The van der Waals surface area contributed by atoms with Gasteiger partial charge in [0.1, 0.15) is 12.2 Å². The molecule has 2 unspecified atom stereocenters. The van der Waals surface area contributed by atoms with Crippen molar-refractivity contribution in [3.05, 3.63) is 0 Å². The maximum Gasteiger partial charge on any atom is 1.00 e. The maximum atomic E-state index is 9.63. The summed E-state index contributed by atoms with van der Waals surface area (Å²) in [5.74, 6) is -5.20. The van der Waals surface area contributed by atoms with Gasteiger partial charge in [-0.3, -0.25) is 0 Å². The summed E-state index contributed by atoms with van der Waals surface area (Å²) < 4.78 is 0. The molecule has 17 heavy (non-hydrogen) atoms. The number of aliphatic hydroxyl groups excluding tert-OH is 2. The molecule has 0 rings (SSSR count). The molecule has 0 aromatic heterocycles. The van der Waals surface area contributed by atoms with Gasteiger partial charge in [0.05, 0.1) is 11.9 Å². The molecule has 0 radical (unpaired) electrons. The topological polar surface area (TPSA) is 161 Å². The zero-order valence-electron chi connectivity index (χ0n) is 10.00. The van der Waals surface area contributed by atoms with Crippen molar-refractivity contribution in [1.29, 1.82) is 0 Å². The van der Waals surface area contributed by atoms with Crippen LogP contribution in [0.5, 0.6) is 0 Å². The van der Waals surface area contributed by atoms with Crippen LogP contribution in [0.4, 0.5) is 0 Å². The molecule has 0 aliphatic heterocycles. The molecule has 0 spiro atoms. The van der Waals surface area contributed by atoms with Gasteiger partial charge in [0.25, 0.3) is 0 Å². The van der Waals surface area contributed by atoms with Gasteiger partial charge in [0.2, 0.25) is 0 Å². The van der Waals surface area contributed by atoms with E-state index in [4.69, 9.17) is 20.1 Å². The molecule has 0 amide bonds. The second-order valence-corrected chi connectivity index (χ2v) is 2.02. The molecular formula is C6H7Na3O8. The Morgan fingerprint density at radius 2 is 0.941 bits per heavy atom. The van der Waals surface area contributed by atoms with Crippen molar-refractivity contribution in [2.24, 2.45) is 0 Å². The van der Waals surface area contributed by atoms with Crippen LogP contribution < -0.4 is 104 Å². The van der Waals surface area contributed by atoms with Crippen LogP contribution in [0.25, 0.3) is 0 Å². The van der Waals surface area contributed by atoms with Crippen LogP contribution in [0.3, 0.4) is 0 Å². The molecule has 11 heteroatoms. The minimum absolute atomic E-state index is 0. The number of aliphatic carboxylic acids is 3. The van der Waals surface area contributed by atoms with Crippen molar-refractivity contribution in [3.8, 4) is 0 Å². The molecule has 0 fully saturated rings. The smallest absolute Gasteiger partial charge is 0.550 e. The third-order valence-electron chi connectivity index (χ3n) is 0.782. The Bertz CT molecular complexity index is 211. The zero-order chi connectivity index (χ0) is 11.9. The number of carbonyl (C=O) groups excluding carboxylic acids is 3. The van der Waals surface area contributed by atoms with Crippen LogP contribution in [0, 0.1) is 0 Å². The minimum Gasteiger partial charge on any atom is -0.550 e. The first-order chi connectivity index (χ1) is 6.20. The Labute approximate surface area is 163 Å². The SMILES string of the molecule is CC(=O)[O-].O=C([O-])C(O)C(O)C(=O)[O-].[Na+].[Na+].[Na+]. The van der Waals surface area contributed by atoms with Crippen molar-refractivity contribution >= 4 is 17.9 Å². The van der Waals surface area contributed by atoms with E-state index >= 15 is 0 Å². The number of carbonyl (C=O) groups is 3. The number of carboxylic acids is 3. The Hall–Kier alpha value is 1.33. The molecule has 8 nitrogen and oxygen atoms in total. The Kier molecular flexibility index (Phi) is 31.6. The fraction of sp³-hybridized carbons (Fsp3) is 0.500. The largest absolute Gasteiger partial charge is 1.00 e. The standard InChI is InChI=1S/C4H6O6.C2H4O2.3Na/c5-1(3(7)8)2(6)4(9)10;1-2(3)4;;;/h1-2,5-6H,(H,7,8)(H,9,10);1H3,(H,3,4);;;/q;;3*+1/p-3. The van der Waals surface area contributed by atoms with Gasteiger partial charge in [-0.15, -0.1) is 0 Å². The normalized spacial score (nSPS) is 10.8. The summed E-state index contributed by atoms with van der Waals surface area (Å²) in [5.41, 5.74) is 0. The van der Waals surface area contributed by atoms with E-state index in [-0.39, 0.29) is 88.7 Å². The van der Waals surface area contributed by atoms with Crippen LogP contribution >= 0.6 is 0 Å². The van der Waals surface area contributed by atoms with Gasteiger partial charge in [-0.1, -0.05) is 0 Å². The maximum absolute atomic E-state index is 9.63. The molecule has 0 aromatic carbocycles. The van der Waals surface area contributed by atoms with E-state index in [9.17, 15) is 19.8 Å². The molecule has 2 N–H and O–H groups in total. The quantitative estimate of drug-likeness (QED) is 0.480. The van der Waals surface area contributed by atoms with E-state index in [0.29, 0.717) is 0 Å². The van der Waals surface area contributed by atoms with Crippen molar-refractivity contribution in [1.82, 2.24) is 0 Å². The van der Waals surface area contributed by atoms with Crippen LogP contribution in [0.2, 0.25) is 0 Å². The second-order valence-electron chi connectivity index (χ2n) is 2.02. The monoisotopic (exact) mass is 276 g/mol. The van der Waals surface area contributed by atoms with E-state index < -0.39 is 30.1 Å². The fourth-order valence-electron chi connectivity index (χ4n) is 0.258. The molecule has 0 saturated carbocycles. The predicted molar refractivity (Wildman–Crippen MR) is 32.7 cm³/mol. The summed E-state index contributed by atoms with van der Waals surface area (Å²) in [5, 5.41) is 44.6. The van der Waals surface area contributed by atoms with Gasteiger partial charge >= 0.3 is 88.7 Å². The average Bonchev–Trinajstić information content (AvgIpc) is 2.00. The summed E-state index contributed by atoms with van der Waals surface area (Å²) in [7, 11) is 0. The summed E-state index contributed by atoms with van der Waals surface area (Å²) in [6.07, 6.45) is -4.88. The van der Waals surface area contributed by atoms with Gasteiger partial charge in [0, 0.05) is 5.97 Å². The van der Waals surface area contributed by atoms with Gasteiger partial charge in [0.15, 0.2) is 0 Å². The zero-order valence-corrected chi connectivity index (χ0v) is 16.0. The molecule has 0 bridgehead atoms. The first-order valence-electron chi connectivity index (χ1n) is 3.15. The third kappa shape index (κ3) is 22.9. The van der Waals surface area contributed by atoms with Gasteiger partial charge < -0.3 is 39.9 Å². The number of hydrogen-bond acceptors (Lipinski definition) is 8. The van der Waals surface area contributed by atoms with Crippen LogP contribution in [0.15, 0.2) is 0 Å². The van der Waals surface area contributed by atoms with Crippen LogP contribution in [-0.2, 0) is 14.4 Å². The van der Waals surface area contributed by atoms with Crippen molar-refractivity contribution in [3.63, 3.8) is 0 Å². The van der Waals surface area contributed by atoms with Gasteiger partial charge in [-0.25, -0.2) is 0 Å². The summed E-state index contributed by atoms with van der Waals surface area (Å²) >= 11 is 0. The number of aliphatic hydroxyl groups is 2. The Morgan fingerprint density at radius 1 is 0.824 bits per heavy atom. The summed E-state index contributed by atoms with van der Waals surface area (Å²) in [6.45, 7) is 0.972. The van der Waals surface area contributed by atoms with E-state index in [1.54, 1.807) is 0 Å². The molecule has 0 aliphatic carbocycles. The molecule has 0 aliphatic rings. The summed E-state index contributed by atoms with van der Waals surface area (Å²) in [6, 6.07) is 0. The van der Waals surface area contributed by atoms with E-state index in [1.165, 1.54) is 0 Å². The first kappa shape index (κ1) is 31.0. The summed E-state index contributed by atoms with van der Waals surface area (Å²) in [4.78, 5) is 28.2. The van der Waals surface area contributed by atoms with Gasteiger partial charge in [-0.2, -0.15) is 0 Å². The Balaban J connectivity index is -0.0000000607. The average molecular weight is 276 g/mol. The molecule has 0 saturated heterocycles. The van der Waals surface area contributed by atoms with Crippen molar-refractivity contribution < 1.29 is 129 Å². The van der Waals surface area contributed by atoms with E-state index in [0.717, 1.165) is 6.92 Å². The number of hydrogen-bond donors (Lipinski definition) is 2. The molecular weight excluding hydrogens is 269 g/mol. The van der Waals surface area contributed by atoms with E-state index in [1.807, 2.05) is 0 Å². The van der Waals surface area contributed by atoms with Gasteiger partial charge in [-0.05, 0) is 6.92 Å². The van der Waals surface area contributed by atoms with Crippen molar-refractivity contribution in [2.45, 2.75) is 19.1 Å². The molecule has 0 heterocycles. The first-order valence-corrected chi connectivity index (χ1v) is 3.15. The molecule has 2 atom stereocenters. The minimum atomic E-state index is -2.44.